The highest BCUT2D eigenvalue weighted by Gasteiger charge is 2.54. The number of Topliss-reactive ketones (excluding diaryl/α,β-unsaturated/α-hetero) is 1. The van der Waals surface area contributed by atoms with Crippen molar-refractivity contribution < 1.29 is 28.6 Å². The minimum absolute atomic E-state index is 0.00234. The van der Waals surface area contributed by atoms with E-state index < -0.39 is 23.1 Å². The van der Waals surface area contributed by atoms with E-state index in [1.807, 2.05) is 6.07 Å². The molecule has 0 spiro atoms. The lowest BCUT2D eigenvalue weighted by Gasteiger charge is -2.27. The molecule has 0 fully saturated rings. The predicted octanol–water partition coefficient (Wildman–Crippen LogP) is 2.22. The van der Waals surface area contributed by atoms with Crippen molar-refractivity contribution in [1.82, 2.24) is 0 Å². The highest BCUT2D eigenvalue weighted by Crippen LogP contribution is 2.31. The summed E-state index contributed by atoms with van der Waals surface area (Å²) in [6, 6.07) is 8.55. The van der Waals surface area contributed by atoms with Gasteiger partial charge in [-0.1, -0.05) is 12.1 Å². The third kappa shape index (κ3) is 4.82. The maximum absolute atomic E-state index is 13.0. The number of esters is 2. The van der Waals surface area contributed by atoms with E-state index in [2.05, 4.69) is 0 Å². The highest BCUT2D eigenvalue weighted by atomic mass is 16.6. The molecule has 1 rings (SSSR count). The van der Waals surface area contributed by atoms with Gasteiger partial charge in [0.1, 0.15) is 5.75 Å². The van der Waals surface area contributed by atoms with E-state index in [-0.39, 0.29) is 32.5 Å². The van der Waals surface area contributed by atoms with Crippen LogP contribution in [0, 0.1) is 16.7 Å². The molecular formula is C19H23NO6. The topological polar surface area (TPSA) is 103 Å². The van der Waals surface area contributed by atoms with Gasteiger partial charge in [-0.15, -0.1) is 0 Å². The summed E-state index contributed by atoms with van der Waals surface area (Å²) in [6.45, 7) is 3.16. The van der Waals surface area contributed by atoms with Crippen LogP contribution in [0.3, 0.4) is 0 Å². The van der Waals surface area contributed by atoms with Crippen LogP contribution in [0.25, 0.3) is 0 Å². The molecule has 0 N–H and O–H groups in total. The van der Waals surface area contributed by atoms with Crippen molar-refractivity contribution in [2.75, 3.05) is 20.3 Å². The highest BCUT2D eigenvalue weighted by molar-refractivity contribution is 6.20. The van der Waals surface area contributed by atoms with Gasteiger partial charge in [0.2, 0.25) is 5.41 Å². The van der Waals surface area contributed by atoms with Crippen molar-refractivity contribution in [2.45, 2.75) is 33.1 Å². The second kappa shape index (κ2) is 10.2. The van der Waals surface area contributed by atoms with Crippen LogP contribution in [0.15, 0.2) is 24.3 Å². The fourth-order valence-electron chi connectivity index (χ4n) is 2.49. The van der Waals surface area contributed by atoms with Gasteiger partial charge >= 0.3 is 11.9 Å². The quantitative estimate of drug-likeness (QED) is 0.465. The van der Waals surface area contributed by atoms with Crippen LogP contribution in [0.4, 0.5) is 0 Å². The molecule has 0 aliphatic heterocycles. The first-order chi connectivity index (χ1) is 12.5. The van der Waals surface area contributed by atoms with E-state index in [0.717, 1.165) is 0 Å². The fourth-order valence-corrected chi connectivity index (χ4v) is 2.49. The maximum atomic E-state index is 13.0. The molecule has 0 amide bonds. The first kappa shape index (κ1) is 21.2. The molecule has 0 unspecified atom stereocenters. The molecule has 7 heteroatoms. The van der Waals surface area contributed by atoms with Crippen molar-refractivity contribution in [2.24, 2.45) is 5.41 Å². The zero-order valence-electron chi connectivity index (χ0n) is 15.2. The molecule has 0 aromatic heterocycles. The number of hydrogen-bond donors (Lipinski definition) is 0. The molecule has 7 nitrogen and oxygen atoms in total. The molecule has 1 aromatic carbocycles. The SMILES string of the molecule is CCOC(=O)C(CCC#N)(C(=O)Cc1ccc(OC)cc1)C(=O)OCC. The van der Waals surface area contributed by atoms with Crippen LogP contribution in [0.1, 0.15) is 32.3 Å². The summed E-state index contributed by atoms with van der Waals surface area (Å²) in [5, 5.41) is 8.90. The van der Waals surface area contributed by atoms with Gasteiger partial charge in [-0.2, -0.15) is 5.26 Å². The summed E-state index contributed by atoms with van der Waals surface area (Å²) in [6.07, 6.45) is -0.616. The number of methoxy groups -OCH3 is 1. The molecule has 0 saturated heterocycles. The van der Waals surface area contributed by atoms with Crippen LogP contribution in [-0.4, -0.2) is 38.0 Å². The van der Waals surface area contributed by atoms with Crippen LogP contribution < -0.4 is 4.74 Å². The zero-order valence-corrected chi connectivity index (χ0v) is 15.2. The molecule has 0 bridgehead atoms. The molecule has 140 valence electrons. The second-order valence-corrected chi connectivity index (χ2v) is 5.45. The van der Waals surface area contributed by atoms with Crippen molar-refractivity contribution in [3.8, 4) is 11.8 Å². The monoisotopic (exact) mass is 361 g/mol. The van der Waals surface area contributed by atoms with Crippen LogP contribution in [-0.2, 0) is 30.3 Å². The van der Waals surface area contributed by atoms with Gasteiger partial charge in [0.25, 0.3) is 0 Å². The standard InChI is InChI=1S/C19H23NO6/c1-4-25-17(22)19(11-6-12-20,18(23)26-5-2)16(21)13-14-7-9-15(24-3)10-8-14/h7-10H,4-6,11,13H2,1-3H3. The molecule has 0 heterocycles. The number of carbonyl (C=O) groups excluding carboxylic acids is 3. The van der Waals surface area contributed by atoms with E-state index in [9.17, 15) is 14.4 Å². The number of hydrogen-bond acceptors (Lipinski definition) is 7. The first-order valence-corrected chi connectivity index (χ1v) is 8.33. The van der Waals surface area contributed by atoms with Gasteiger partial charge in [0.05, 0.1) is 26.4 Å². The average Bonchev–Trinajstić information content (AvgIpc) is 2.63. The lowest BCUT2D eigenvalue weighted by atomic mass is 9.77. The molecule has 0 aliphatic rings. The summed E-state index contributed by atoms with van der Waals surface area (Å²) in [7, 11) is 1.52. The summed E-state index contributed by atoms with van der Waals surface area (Å²) in [4.78, 5) is 38.1. The van der Waals surface area contributed by atoms with E-state index >= 15 is 0 Å². The Labute approximate surface area is 152 Å². The van der Waals surface area contributed by atoms with Gasteiger partial charge in [-0.05, 0) is 38.0 Å². The van der Waals surface area contributed by atoms with E-state index in [1.54, 1.807) is 38.1 Å². The number of rotatable bonds is 10. The average molecular weight is 361 g/mol. The van der Waals surface area contributed by atoms with E-state index in [4.69, 9.17) is 19.5 Å². The molecule has 26 heavy (non-hydrogen) atoms. The normalized spacial score (nSPS) is 10.5. The van der Waals surface area contributed by atoms with Crippen LogP contribution in [0.2, 0.25) is 0 Å². The smallest absolute Gasteiger partial charge is 0.331 e. The number of nitriles is 1. The number of ether oxygens (including phenoxy) is 3. The van der Waals surface area contributed by atoms with E-state index in [0.29, 0.717) is 11.3 Å². The maximum Gasteiger partial charge on any atom is 0.331 e. The van der Waals surface area contributed by atoms with E-state index in [1.165, 1.54) is 7.11 Å². The molecular weight excluding hydrogens is 338 g/mol. The van der Waals surface area contributed by atoms with Crippen LogP contribution >= 0.6 is 0 Å². The Bertz CT molecular complexity index is 656. The van der Waals surface area contributed by atoms with Gasteiger partial charge in [-0.3, -0.25) is 14.4 Å². The van der Waals surface area contributed by atoms with Crippen LogP contribution in [0.5, 0.6) is 5.75 Å². The van der Waals surface area contributed by atoms with Crippen molar-refractivity contribution in [1.29, 1.82) is 5.26 Å². The molecule has 0 atom stereocenters. The lowest BCUT2D eigenvalue weighted by molar-refractivity contribution is -0.175. The number of benzene rings is 1. The Kier molecular flexibility index (Phi) is 8.29. The van der Waals surface area contributed by atoms with Gasteiger partial charge in [0, 0.05) is 12.8 Å². The fraction of sp³-hybridized carbons (Fsp3) is 0.474. The van der Waals surface area contributed by atoms with Gasteiger partial charge in [-0.25, -0.2) is 0 Å². The van der Waals surface area contributed by atoms with Gasteiger partial charge < -0.3 is 14.2 Å². The summed E-state index contributed by atoms with van der Waals surface area (Å²) < 4.78 is 15.0. The minimum atomic E-state index is -2.14. The third-order valence-corrected chi connectivity index (χ3v) is 3.86. The molecule has 0 radical (unpaired) electrons. The molecule has 0 saturated carbocycles. The summed E-state index contributed by atoms with van der Waals surface area (Å²) in [5.41, 5.74) is -1.53. The largest absolute Gasteiger partial charge is 0.497 e. The Morgan fingerprint density at radius 3 is 2.00 bits per heavy atom. The third-order valence-electron chi connectivity index (χ3n) is 3.86. The summed E-state index contributed by atoms with van der Waals surface area (Å²) >= 11 is 0. The molecule has 0 aliphatic carbocycles. The first-order valence-electron chi connectivity index (χ1n) is 8.33. The Morgan fingerprint density at radius 1 is 1.04 bits per heavy atom. The van der Waals surface area contributed by atoms with Crippen molar-refractivity contribution >= 4 is 17.7 Å². The number of carbonyl (C=O) groups is 3. The Hall–Kier alpha value is -2.88. The lowest BCUT2D eigenvalue weighted by Crippen LogP contribution is -2.49. The van der Waals surface area contributed by atoms with Gasteiger partial charge in [0.15, 0.2) is 5.78 Å². The summed E-state index contributed by atoms with van der Waals surface area (Å²) in [5.74, 6) is -2.00. The number of ketones is 1. The second-order valence-electron chi connectivity index (χ2n) is 5.45. The predicted molar refractivity (Wildman–Crippen MR) is 92.3 cm³/mol. The Balaban J connectivity index is 3.24. The molecule has 1 aromatic rings. The minimum Gasteiger partial charge on any atom is -0.497 e. The van der Waals surface area contributed by atoms with Crippen molar-refractivity contribution in [3.63, 3.8) is 0 Å². The zero-order chi connectivity index (χ0) is 19.6. The van der Waals surface area contributed by atoms with Crippen molar-refractivity contribution in [3.05, 3.63) is 29.8 Å². The number of nitrogens with zero attached hydrogens (tertiary/aromatic N) is 1. The Morgan fingerprint density at radius 2 is 1.58 bits per heavy atom.